The van der Waals surface area contributed by atoms with Crippen molar-refractivity contribution in [2.75, 3.05) is 23.7 Å². The minimum Gasteiger partial charge on any atom is -0.354 e. The van der Waals surface area contributed by atoms with Crippen LogP contribution in [0, 0.1) is 12.8 Å². The SMILES string of the molecule is Cc1ccccc1CN(C(=O)CN(c1cc(C(F)(F)F)ccc1Cl)S(C)(=O)=O)[C@H](Cc1ccccc1)C(=O)NCC(C)C. The Kier molecular flexibility index (Phi) is 11.3. The third-order valence-electron chi connectivity index (χ3n) is 6.78. The van der Waals surface area contributed by atoms with Crippen LogP contribution in [0.3, 0.4) is 0 Å². The van der Waals surface area contributed by atoms with Gasteiger partial charge in [0.2, 0.25) is 21.8 Å². The number of carbonyl (C=O) groups excluding carboxylic acids is 2. The van der Waals surface area contributed by atoms with E-state index in [1.165, 1.54) is 4.90 Å². The zero-order valence-electron chi connectivity index (χ0n) is 24.4. The van der Waals surface area contributed by atoms with Gasteiger partial charge in [-0.2, -0.15) is 13.2 Å². The number of benzene rings is 3. The number of nitrogens with one attached hydrogen (secondary N) is 1. The Bertz CT molecular complexity index is 1530. The van der Waals surface area contributed by atoms with Crippen LogP contribution in [0.25, 0.3) is 0 Å². The molecule has 0 aliphatic heterocycles. The minimum absolute atomic E-state index is 0.0496. The maximum Gasteiger partial charge on any atom is 0.416 e. The number of hydrogen-bond donors (Lipinski definition) is 1. The number of hydrogen-bond acceptors (Lipinski definition) is 4. The lowest BCUT2D eigenvalue weighted by Crippen LogP contribution is -2.53. The van der Waals surface area contributed by atoms with Gasteiger partial charge in [0.1, 0.15) is 12.6 Å². The molecule has 0 saturated carbocycles. The second kappa shape index (κ2) is 14.3. The van der Waals surface area contributed by atoms with Gasteiger partial charge >= 0.3 is 6.18 Å². The molecule has 3 aromatic rings. The first-order valence-electron chi connectivity index (χ1n) is 13.6. The van der Waals surface area contributed by atoms with Crippen molar-refractivity contribution in [2.24, 2.45) is 5.92 Å². The largest absolute Gasteiger partial charge is 0.416 e. The summed E-state index contributed by atoms with van der Waals surface area (Å²) in [7, 11) is -4.31. The van der Waals surface area contributed by atoms with Crippen LogP contribution in [0.4, 0.5) is 18.9 Å². The molecule has 0 aromatic heterocycles. The molecule has 0 heterocycles. The second-order valence-corrected chi connectivity index (χ2v) is 13.0. The zero-order chi connectivity index (χ0) is 31.9. The van der Waals surface area contributed by atoms with E-state index in [9.17, 15) is 31.2 Å². The summed E-state index contributed by atoms with van der Waals surface area (Å²) in [4.78, 5) is 29.1. The highest BCUT2D eigenvalue weighted by molar-refractivity contribution is 7.92. The van der Waals surface area contributed by atoms with Gasteiger partial charge in [0.15, 0.2) is 0 Å². The molecule has 43 heavy (non-hydrogen) atoms. The summed E-state index contributed by atoms with van der Waals surface area (Å²) in [5.41, 5.74) is 0.693. The molecule has 3 aromatic carbocycles. The fourth-order valence-corrected chi connectivity index (χ4v) is 5.55. The zero-order valence-corrected chi connectivity index (χ0v) is 25.9. The van der Waals surface area contributed by atoms with Gasteiger partial charge in [-0.1, -0.05) is 80.0 Å². The summed E-state index contributed by atoms with van der Waals surface area (Å²) < 4.78 is 67.0. The summed E-state index contributed by atoms with van der Waals surface area (Å²) in [5.74, 6) is -1.11. The van der Waals surface area contributed by atoms with Crippen LogP contribution in [0.15, 0.2) is 72.8 Å². The van der Waals surface area contributed by atoms with Gasteiger partial charge in [-0.05, 0) is 47.7 Å². The van der Waals surface area contributed by atoms with Crippen LogP contribution in [0.2, 0.25) is 5.02 Å². The van der Waals surface area contributed by atoms with E-state index in [-0.39, 0.29) is 23.9 Å². The smallest absolute Gasteiger partial charge is 0.354 e. The maximum absolute atomic E-state index is 14.1. The van der Waals surface area contributed by atoms with Gasteiger partial charge in [0.25, 0.3) is 0 Å². The fraction of sp³-hybridized carbons (Fsp3) is 0.355. The van der Waals surface area contributed by atoms with Crippen LogP contribution in [-0.2, 0) is 38.8 Å². The topological polar surface area (TPSA) is 86.8 Å². The van der Waals surface area contributed by atoms with E-state index in [1.807, 2.05) is 51.1 Å². The Balaban J connectivity index is 2.12. The lowest BCUT2D eigenvalue weighted by Gasteiger charge is -2.34. The molecule has 2 amide bonds. The molecule has 0 unspecified atom stereocenters. The molecule has 12 heteroatoms. The highest BCUT2D eigenvalue weighted by Gasteiger charge is 2.36. The minimum atomic E-state index is -4.78. The van der Waals surface area contributed by atoms with E-state index >= 15 is 0 Å². The van der Waals surface area contributed by atoms with Crippen LogP contribution in [-0.4, -0.2) is 50.5 Å². The normalized spacial score (nSPS) is 12.6. The number of sulfonamides is 1. The van der Waals surface area contributed by atoms with Gasteiger partial charge in [-0.15, -0.1) is 0 Å². The second-order valence-electron chi connectivity index (χ2n) is 10.7. The third-order valence-corrected chi connectivity index (χ3v) is 8.23. The number of anilines is 1. The Hall–Kier alpha value is -3.57. The molecule has 3 rings (SSSR count). The molecule has 1 atom stereocenters. The number of amides is 2. The lowest BCUT2D eigenvalue weighted by atomic mass is 10.0. The van der Waals surface area contributed by atoms with Gasteiger partial charge in [-0.25, -0.2) is 8.42 Å². The van der Waals surface area contributed by atoms with Crippen LogP contribution in [0.1, 0.15) is 36.1 Å². The molecule has 0 aliphatic carbocycles. The van der Waals surface area contributed by atoms with Crippen LogP contribution in [0.5, 0.6) is 0 Å². The first-order chi connectivity index (χ1) is 20.1. The van der Waals surface area contributed by atoms with Crippen molar-refractivity contribution >= 4 is 39.1 Å². The average Bonchev–Trinajstić information content (AvgIpc) is 2.93. The summed E-state index contributed by atoms with van der Waals surface area (Å²) in [6.45, 7) is 5.09. The molecule has 0 radical (unpaired) electrons. The summed E-state index contributed by atoms with van der Waals surface area (Å²) >= 11 is 6.19. The number of aryl methyl sites for hydroxylation is 1. The monoisotopic (exact) mass is 637 g/mol. The first-order valence-corrected chi connectivity index (χ1v) is 15.8. The molecule has 0 aliphatic rings. The third kappa shape index (κ3) is 9.46. The molecule has 0 bridgehead atoms. The van der Waals surface area contributed by atoms with E-state index in [2.05, 4.69) is 5.32 Å². The number of alkyl halides is 3. The van der Waals surface area contributed by atoms with E-state index in [0.717, 1.165) is 29.5 Å². The highest BCUT2D eigenvalue weighted by atomic mass is 35.5. The van der Waals surface area contributed by atoms with E-state index in [0.29, 0.717) is 22.5 Å². The van der Waals surface area contributed by atoms with Crippen LogP contribution >= 0.6 is 11.6 Å². The van der Waals surface area contributed by atoms with E-state index < -0.39 is 51.9 Å². The van der Waals surface area contributed by atoms with E-state index in [4.69, 9.17) is 11.6 Å². The maximum atomic E-state index is 14.1. The van der Waals surface area contributed by atoms with Crippen LogP contribution < -0.4 is 9.62 Å². The predicted octanol–water partition coefficient (Wildman–Crippen LogP) is 5.85. The molecular weight excluding hydrogens is 603 g/mol. The predicted molar refractivity (Wildman–Crippen MR) is 162 cm³/mol. The average molecular weight is 638 g/mol. The van der Waals surface area contributed by atoms with Crippen molar-refractivity contribution in [3.63, 3.8) is 0 Å². The van der Waals surface area contributed by atoms with Crippen molar-refractivity contribution in [1.82, 2.24) is 10.2 Å². The van der Waals surface area contributed by atoms with Crippen molar-refractivity contribution in [1.29, 1.82) is 0 Å². The van der Waals surface area contributed by atoms with Gasteiger partial charge in [0, 0.05) is 19.5 Å². The number of nitrogens with zero attached hydrogens (tertiary/aromatic N) is 2. The van der Waals surface area contributed by atoms with Crippen molar-refractivity contribution in [3.05, 3.63) is 100 Å². The van der Waals surface area contributed by atoms with Crippen molar-refractivity contribution < 1.29 is 31.2 Å². The molecule has 0 spiro atoms. The quantitative estimate of drug-likeness (QED) is 0.270. The van der Waals surface area contributed by atoms with E-state index in [1.54, 1.807) is 24.3 Å². The molecule has 0 saturated heterocycles. The Morgan fingerprint density at radius 3 is 2.19 bits per heavy atom. The lowest BCUT2D eigenvalue weighted by molar-refractivity contribution is -0.140. The first kappa shape index (κ1) is 33.9. The molecule has 7 nitrogen and oxygen atoms in total. The Morgan fingerprint density at radius 1 is 0.977 bits per heavy atom. The van der Waals surface area contributed by atoms with Gasteiger partial charge < -0.3 is 10.2 Å². The summed E-state index contributed by atoms with van der Waals surface area (Å²) in [6.07, 6.45) is -3.89. The standard InChI is InChI=1S/C31H35ClF3N3O4S/c1-21(2)18-36-30(40)28(16-23-11-6-5-7-12-23)37(19-24-13-9-8-10-22(24)3)29(39)20-38(43(4,41)42)27-17-25(31(33,34)35)14-15-26(27)32/h5-15,17,21,28H,16,18-20H2,1-4H3,(H,36,40)/t28-/m1/s1. The Morgan fingerprint density at radius 2 is 1.60 bits per heavy atom. The summed E-state index contributed by atoms with van der Waals surface area (Å²) in [6, 6.07) is 17.5. The summed E-state index contributed by atoms with van der Waals surface area (Å²) in [5, 5.41) is 2.59. The van der Waals surface area contributed by atoms with Crippen molar-refractivity contribution in [3.8, 4) is 0 Å². The number of halogens is 4. The Labute approximate surface area is 255 Å². The van der Waals surface area contributed by atoms with Crippen molar-refractivity contribution in [2.45, 2.75) is 46.0 Å². The molecular formula is C31H35ClF3N3O4S. The highest BCUT2D eigenvalue weighted by Crippen LogP contribution is 2.36. The molecule has 232 valence electrons. The number of carbonyl (C=O) groups is 2. The number of rotatable bonds is 12. The fourth-order valence-electron chi connectivity index (χ4n) is 4.42. The molecule has 0 fully saturated rings. The van der Waals surface area contributed by atoms with Gasteiger partial charge in [0.05, 0.1) is 22.5 Å². The van der Waals surface area contributed by atoms with Gasteiger partial charge in [-0.3, -0.25) is 13.9 Å². The molecule has 1 N–H and O–H groups in total.